The molecule has 1 aromatic heterocycles. The smallest absolute Gasteiger partial charge is 0.416 e. The highest BCUT2D eigenvalue weighted by molar-refractivity contribution is 5.47. The molecule has 24 heavy (non-hydrogen) atoms. The van der Waals surface area contributed by atoms with Crippen molar-refractivity contribution in [1.29, 1.82) is 0 Å². The second kappa shape index (κ2) is 6.32. The van der Waals surface area contributed by atoms with Gasteiger partial charge in [-0.05, 0) is 36.2 Å². The van der Waals surface area contributed by atoms with Gasteiger partial charge in [-0.3, -0.25) is 0 Å². The van der Waals surface area contributed by atoms with Crippen molar-refractivity contribution in [3.8, 4) is 5.75 Å². The Balaban J connectivity index is 1.96. The summed E-state index contributed by atoms with van der Waals surface area (Å²) in [4.78, 5) is 5.77. The third kappa shape index (κ3) is 3.31. The molecule has 3 rings (SSSR count). The maximum Gasteiger partial charge on any atom is 0.416 e. The van der Waals surface area contributed by atoms with Crippen LogP contribution in [-0.2, 0) is 6.18 Å². The summed E-state index contributed by atoms with van der Waals surface area (Å²) >= 11 is 0. The first-order chi connectivity index (χ1) is 11.4. The van der Waals surface area contributed by atoms with Gasteiger partial charge in [-0.15, -0.1) is 0 Å². The van der Waals surface area contributed by atoms with E-state index in [1.54, 1.807) is 18.1 Å². The standard InChI is InChI=1S/C17H17F3N2O2/c1-24-14-4-2-3-11(7-14)15-9-13(23)10-22(15)16-8-12(5-6-21-16)17(18,19)20/h2-8,13,15,23H,9-10H2,1H3. The number of aromatic nitrogens is 1. The highest BCUT2D eigenvalue weighted by Gasteiger charge is 2.35. The lowest BCUT2D eigenvalue weighted by molar-refractivity contribution is -0.137. The second-order valence-electron chi connectivity index (χ2n) is 5.73. The number of rotatable bonds is 3. The van der Waals surface area contributed by atoms with Crippen molar-refractivity contribution in [2.75, 3.05) is 18.6 Å². The van der Waals surface area contributed by atoms with Crippen LogP contribution in [0, 0.1) is 0 Å². The van der Waals surface area contributed by atoms with Crippen LogP contribution in [0.4, 0.5) is 19.0 Å². The maximum absolute atomic E-state index is 12.9. The van der Waals surface area contributed by atoms with Crippen LogP contribution in [0.5, 0.6) is 5.75 Å². The van der Waals surface area contributed by atoms with Crippen molar-refractivity contribution >= 4 is 5.82 Å². The Morgan fingerprint density at radius 1 is 1.25 bits per heavy atom. The Morgan fingerprint density at radius 3 is 2.75 bits per heavy atom. The minimum atomic E-state index is -4.43. The van der Waals surface area contributed by atoms with Gasteiger partial charge in [-0.2, -0.15) is 13.2 Å². The molecule has 0 radical (unpaired) electrons. The third-order valence-corrected chi connectivity index (χ3v) is 4.12. The molecule has 0 saturated carbocycles. The van der Waals surface area contributed by atoms with E-state index >= 15 is 0 Å². The number of benzene rings is 1. The van der Waals surface area contributed by atoms with Crippen molar-refractivity contribution < 1.29 is 23.0 Å². The van der Waals surface area contributed by atoms with Crippen LogP contribution < -0.4 is 9.64 Å². The largest absolute Gasteiger partial charge is 0.497 e. The zero-order valence-corrected chi connectivity index (χ0v) is 13.0. The molecule has 4 nitrogen and oxygen atoms in total. The summed E-state index contributed by atoms with van der Waals surface area (Å²) in [5, 5.41) is 10.0. The minimum Gasteiger partial charge on any atom is -0.497 e. The molecule has 2 aromatic rings. The second-order valence-corrected chi connectivity index (χ2v) is 5.73. The summed E-state index contributed by atoms with van der Waals surface area (Å²) < 4.78 is 44.0. The Kier molecular flexibility index (Phi) is 4.36. The number of aliphatic hydroxyl groups excluding tert-OH is 1. The number of hydrogen-bond acceptors (Lipinski definition) is 4. The molecule has 1 saturated heterocycles. The summed E-state index contributed by atoms with van der Waals surface area (Å²) in [6, 6.07) is 9.00. The van der Waals surface area contributed by atoms with Gasteiger partial charge in [0.1, 0.15) is 11.6 Å². The van der Waals surface area contributed by atoms with E-state index in [9.17, 15) is 18.3 Å². The van der Waals surface area contributed by atoms with Crippen LogP contribution in [0.25, 0.3) is 0 Å². The first-order valence-corrected chi connectivity index (χ1v) is 7.50. The van der Waals surface area contributed by atoms with E-state index in [-0.39, 0.29) is 18.4 Å². The van der Waals surface area contributed by atoms with Gasteiger partial charge in [-0.1, -0.05) is 12.1 Å². The number of aliphatic hydroxyl groups is 1. The SMILES string of the molecule is COc1cccc(C2CC(O)CN2c2cc(C(F)(F)F)ccn2)c1. The fourth-order valence-corrected chi connectivity index (χ4v) is 2.98. The van der Waals surface area contributed by atoms with Crippen LogP contribution >= 0.6 is 0 Å². The molecule has 2 heterocycles. The van der Waals surface area contributed by atoms with E-state index in [1.165, 1.54) is 0 Å². The first-order valence-electron chi connectivity index (χ1n) is 7.50. The lowest BCUT2D eigenvalue weighted by atomic mass is 10.0. The maximum atomic E-state index is 12.9. The van der Waals surface area contributed by atoms with Gasteiger partial charge in [0.05, 0.1) is 24.8 Å². The van der Waals surface area contributed by atoms with E-state index in [1.807, 2.05) is 18.2 Å². The van der Waals surface area contributed by atoms with Crippen molar-refractivity contribution in [2.24, 2.45) is 0 Å². The number of anilines is 1. The molecule has 0 amide bonds. The molecule has 1 fully saturated rings. The molecule has 0 bridgehead atoms. The molecule has 2 atom stereocenters. The van der Waals surface area contributed by atoms with Crippen LogP contribution in [0.15, 0.2) is 42.6 Å². The number of β-amino-alcohol motifs (C(OH)–C–C–N with tert-alkyl or cyclic N) is 1. The van der Waals surface area contributed by atoms with Gasteiger partial charge >= 0.3 is 6.18 Å². The Hall–Kier alpha value is -2.28. The summed E-state index contributed by atoms with van der Waals surface area (Å²) in [7, 11) is 1.55. The lowest BCUT2D eigenvalue weighted by Gasteiger charge is -2.26. The summed E-state index contributed by atoms with van der Waals surface area (Å²) in [5.74, 6) is 0.861. The predicted octanol–water partition coefficient (Wildman–Crippen LogP) is 3.42. The Labute approximate surface area is 137 Å². The molecule has 1 aliphatic heterocycles. The van der Waals surface area contributed by atoms with E-state index < -0.39 is 17.8 Å². The fraction of sp³-hybridized carbons (Fsp3) is 0.353. The highest BCUT2D eigenvalue weighted by Crippen LogP contribution is 2.38. The summed E-state index contributed by atoms with van der Waals surface area (Å²) in [5.41, 5.74) is 0.114. The monoisotopic (exact) mass is 338 g/mol. The zero-order valence-electron chi connectivity index (χ0n) is 13.0. The van der Waals surface area contributed by atoms with Crippen molar-refractivity contribution in [3.05, 3.63) is 53.7 Å². The van der Waals surface area contributed by atoms with E-state index in [0.717, 1.165) is 23.9 Å². The molecule has 2 unspecified atom stereocenters. The molecule has 1 aliphatic rings. The topological polar surface area (TPSA) is 45.6 Å². The van der Waals surface area contributed by atoms with Gasteiger partial charge < -0.3 is 14.7 Å². The Bertz CT molecular complexity index is 721. The van der Waals surface area contributed by atoms with Crippen molar-refractivity contribution in [2.45, 2.75) is 24.7 Å². The van der Waals surface area contributed by atoms with Crippen LogP contribution in [0.1, 0.15) is 23.6 Å². The van der Waals surface area contributed by atoms with Gasteiger partial charge in [0.2, 0.25) is 0 Å². The Morgan fingerprint density at radius 2 is 2.04 bits per heavy atom. The fourth-order valence-electron chi connectivity index (χ4n) is 2.98. The van der Waals surface area contributed by atoms with Gasteiger partial charge in [0, 0.05) is 12.7 Å². The van der Waals surface area contributed by atoms with Crippen molar-refractivity contribution in [1.82, 2.24) is 4.98 Å². The molecule has 7 heteroatoms. The van der Waals surface area contributed by atoms with E-state index in [4.69, 9.17) is 4.74 Å². The highest BCUT2D eigenvalue weighted by atomic mass is 19.4. The van der Waals surface area contributed by atoms with E-state index in [2.05, 4.69) is 4.98 Å². The molecular formula is C17H17F3N2O2. The number of nitrogens with zero attached hydrogens (tertiary/aromatic N) is 2. The van der Waals surface area contributed by atoms with Crippen LogP contribution in [0.3, 0.4) is 0 Å². The van der Waals surface area contributed by atoms with E-state index in [0.29, 0.717) is 12.2 Å². The average molecular weight is 338 g/mol. The number of alkyl halides is 3. The number of methoxy groups -OCH3 is 1. The van der Waals surface area contributed by atoms with Gasteiger partial charge in [-0.25, -0.2) is 4.98 Å². The van der Waals surface area contributed by atoms with Gasteiger partial charge in [0.15, 0.2) is 0 Å². The molecule has 0 spiro atoms. The number of halogens is 3. The summed E-state index contributed by atoms with van der Waals surface area (Å²) in [6.45, 7) is 0.232. The number of pyridine rings is 1. The average Bonchev–Trinajstić information content (AvgIpc) is 2.96. The quantitative estimate of drug-likeness (QED) is 0.931. The van der Waals surface area contributed by atoms with Crippen LogP contribution in [-0.4, -0.2) is 29.8 Å². The van der Waals surface area contributed by atoms with Crippen LogP contribution in [0.2, 0.25) is 0 Å². The minimum absolute atomic E-state index is 0.203. The first kappa shape index (κ1) is 16.6. The van der Waals surface area contributed by atoms with Gasteiger partial charge in [0.25, 0.3) is 0 Å². The normalized spacial score (nSPS) is 21.1. The molecule has 128 valence electrons. The van der Waals surface area contributed by atoms with Crippen molar-refractivity contribution in [3.63, 3.8) is 0 Å². The lowest BCUT2D eigenvalue weighted by Crippen LogP contribution is -2.25. The molecule has 1 aromatic carbocycles. The number of hydrogen-bond donors (Lipinski definition) is 1. The predicted molar refractivity (Wildman–Crippen MR) is 82.9 cm³/mol. The third-order valence-electron chi connectivity index (χ3n) is 4.12. The number of ether oxygens (including phenoxy) is 1. The molecular weight excluding hydrogens is 321 g/mol. The molecule has 1 N–H and O–H groups in total. The summed E-state index contributed by atoms with van der Waals surface area (Å²) in [6.07, 6.45) is -3.49. The zero-order chi connectivity index (χ0) is 17.3. The molecule has 0 aliphatic carbocycles.